The SMILES string of the molecule is CC(=O)c1cnc2ccc(-c3cc(C)cc(Cl)c3)cc2c1Nc1ccc(CN2CCCC2)cc1. The number of nitrogens with one attached hydrogen (secondary N) is 1. The first-order valence-electron chi connectivity index (χ1n) is 11.8. The van der Waals surface area contributed by atoms with Crippen molar-refractivity contribution in [3.63, 3.8) is 0 Å². The lowest BCUT2D eigenvalue weighted by molar-refractivity contribution is 0.101. The molecule has 0 bridgehead atoms. The van der Waals surface area contributed by atoms with Crippen LogP contribution < -0.4 is 5.32 Å². The van der Waals surface area contributed by atoms with Crippen LogP contribution in [0, 0.1) is 6.92 Å². The molecule has 1 aliphatic heterocycles. The Hall–Kier alpha value is -3.21. The molecule has 4 aromatic rings. The molecule has 3 aromatic carbocycles. The number of aromatic nitrogens is 1. The number of Topliss-reactive ketones (excluding diaryl/α,β-unsaturated/α-hetero) is 1. The predicted molar refractivity (Wildman–Crippen MR) is 141 cm³/mol. The zero-order chi connectivity index (χ0) is 23.7. The van der Waals surface area contributed by atoms with Gasteiger partial charge in [0.1, 0.15) is 0 Å². The molecule has 1 aromatic heterocycles. The highest BCUT2D eigenvalue weighted by Gasteiger charge is 2.15. The summed E-state index contributed by atoms with van der Waals surface area (Å²) in [4.78, 5) is 19.5. The zero-order valence-electron chi connectivity index (χ0n) is 19.6. The molecule has 0 radical (unpaired) electrons. The summed E-state index contributed by atoms with van der Waals surface area (Å²) in [6, 6.07) is 20.7. The van der Waals surface area contributed by atoms with Crippen LogP contribution in [0.25, 0.3) is 22.0 Å². The number of fused-ring (bicyclic) bond motifs is 1. The summed E-state index contributed by atoms with van der Waals surface area (Å²) in [5, 5.41) is 5.13. The van der Waals surface area contributed by atoms with Crippen LogP contribution in [0.4, 0.5) is 11.4 Å². The number of benzene rings is 3. The molecular weight excluding hydrogens is 442 g/mol. The van der Waals surface area contributed by atoms with E-state index in [4.69, 9.17) is 11.6 Å². The van der Waals surface area contributed by atoms with Gasteiger partial charge in [0, 0.05) is 28.8 Å². The van der Waals surface area contributed by atoms with Crippen molar-refractivity contribution in [3.05, 3.63) is 88.6 Å². The van der Waals surface area contributed by atoms with Crippen molar-refractivity contribution in [1.82, 2.24) is 9.88 Å². The number of rotatable bonds is 6. The number of carbonyl (C=O) groups excluding carboxylic acids is 1. The van der Waals surface area contributed by atoms with Crippen molar-refractivity contribution in [3.8, 4) is 11.1 Å². The molecule has 0 spiro atoms. The summed E-state index contributed by atoms with van der Waals surface area (Å²) in [6.45, 7) is 6.96. The van der Waals surface area contributed by atoms with E-state index in [0.717, 1.165) is 45.5 Å². The van der Waals surface area contributed by atoms with Crippen molar-refractivity contribution in [1.29, 1.82) is 0 Å². The van der Waals surface area contributed by atoms with Crippen LogP contribution in [-0.2, 0) is 6.54 Å². The minimum Gasteiger partial charge on any atom is -0.354 e. The van der Waals surface area contributed by atoms with Crippen molar-refractivity contribution in [2.45, 2.75) is 33.2 Å². The minimum atomic E-state index is -0.0217. The molecule has 1 saturated heterocycles. The summed E-state index contributed by atoms with van der Waals surface area (Å²) >= 11 is 6.32. The fraction of sp³-hybridized carbons (Fsp3) is 0.241. The summed E-state index contributed by atoms with van der Waals surface area (Å²) < 4.78 is 0. The van der Waals surface area contributed by atoms with Gasteiger partial charge in [-0.1, -0.05) is 35.9 Å². The second-order valence-corrected chi connectivity index (χ2v) is 9.59. The Labute approximate surface area is 205 Å². The molecule has 5 rings (SSSR count). The van der Waals surface area contributed by atoms with Crippen molar-refractivity contribution in [2.24, 2.45) is 0 Å². The van der Waals surface area contributed by atoms with Crippen molar-refractivity contribution >= 4 is 39.7 Å². The molecule has 5 heteroatoms. The van der Waals surface area contributed by atoms with E-state index in [9.17, 15) is 4.79 Å². The molecule has 172 valence electrons. The molecule has 0 amide bonds. The Kier molecular flexibility index (Phi) is 6.36. The number of anilines is 2. The molecule has 0 aliphatic carbocycles. The Morgan fingerprint density at radius 1 is 1.00 bits per heavy atom. The molecule has 2 heterocycles. The Morgan fingerprint density at radius 3 is 2.47 bits per heavy atom. The van der Waals surface area contributed by atoms with Crippen LogP contribution in [0.15, 0.2) is 66.9 Å². The molecule has 0 atom stereocenters. The van der Waals surface area contributed by atoms with Crippen LogP contribution in [0.3, 0.4) is 0 Å². The molecule has 34 heavy (non-hydrogen) atoms. The summed E-state index contributed by atoms with van der Waals surface area (Å²) in [7, 11) is 0. The monoisotopic (exact) mass is 469 g/mol. The fourth-order valence-corrected chi connectivity index (χ4v) is 5.00. The van der Waals surface area contributed by atoms with Gasteiger partial charge in [0.15, 0.2) is 5.78 Å². The number of carbonyl (C=O) groups is 1. The third-order valence-corrected chi connectivity index (χ3v) is 6.67. The van der Waals surface area contributed by atoms with Gasteiger partial charge in [0.25, 0.3) is 0 Å². The highest BCUT2D eigenvalue weighted by molar-refractivity contribution is 6.31. The van der Waals surface area contributed by atoms with Gasteiger partial charge in [-0.3, -0.25) is 14.7 Å². The number of halogens is 1. The highest BCUT2D eigenvalue weighted by Crippen LogP contribution is 2.34. The van der Waals surface area contributed by atoms with E-state index in [1.165, 1.54) is 31.5 Å². The summed E-state index contributed by atoms with van der Waals surface area (Å²) in [5.41, 5.74) is 7.62. The van der Waals surface area contributed by atoms with Crippen molar-refractivity contribution < 1.29 is 4.79 Å². The normalized spacial score (nSPS) is 14.0. The molecule has 0 unspecified atom stereocenters. The summed E-state index contributed by atoms with van der Waals surface area (Å²) in [5.74, 6) is -0.0217. The maximum absolute atomic E-state index is 12.5. The highest BCUT2D eigenvalue weighted by atomic mass is 35.5. The van der Waals surface area contributed by atoms with E-state index < -0.39 is 0 Å². The molecule has 1 aliphatic rings. The second kappa shape index (κ2) is 9.57. The number of pyridine rings is 1. The summed E-state index contributed by atoms with van der Waals surface area (Å²) in [6.07, 6.45) is 4.25. The Bertz CT molecular complexity index is 1340. The van der Waals surface area contributed by atoms with Gasteiger partial charge in [-0.05, 0) is 98.4 Å². The van der Waals surface area contributed by atoms with E-state index in [1.807, 2.05) is 31.2 Å². The second-order valence-electron chi connectivity index (χ2n) is 9.16. The van der Waals surface area contributed by atoms with Crippen LogP contribution in [0.5, 0.6) is 0 Å². The molecule has 0 saturated carbocycles. The maximum Gasteiger partial charge on any atom is 0.163 e. The topological polar surface area (TPSA) is 45.2 Å². The van der Waals surface area contributed by atoms with Gasteiger partial charge in [0.2, 0.25) is 0 Å². The largest absolute Gasteiger partial charge is 0.354 e. The number of hydrogen-bond donors (Lipinski definition) is 1. The van der Waals surface area contributed by atoms with Gasteiger partial charge >= 0.3 is 0 Å². The van der Waals surface area contributed by atoms with Crippen molar-refractivity contribution in [2.75, 3.05) is 18.4 Å². The average molecular weight is 470 g/mol. The van der Waals surface area contributed by atoms with E-state index >= 15 is 0 Å². The first kappa shape index (κ1) is 22.6. The third-order valence-electron chi connectivity index (χ3n) is 6.45. The van der Waals surface area contributed by atoms with Gasteiger partial charge < -0.3 is 5.32 Å². The molecule has 4 nitrogen and oxygen atoms in total. The molecule has 1 N–H and O–H groups in total. The van der Waals surface area contributed by atoms with Crippen LogP contribution in [0.2, 0.25) is 5.02 Å². The zero-order valence-corrected chi connectivity index (χ0v) is 20.3. The van der Waals surface area contributed by atoms with E-state index in [2.05, 4.69) is 51.6 Å². The first-order valence-corrected chi connectivity index (χ1v) is 12.1. The van der Waals surface area contributed by atoms with Gasteiger partial charge in [0.05, 0.1) is 16.8 Å². The maximum atomic E-state index is 12.5. The molecular formula is C29H28ClN3O. The number of ketones is 1. The Morgan fingerprint density at radius 2 is 1.76 bits per heavy atom. The van der Waals surface area contributed by atoms with Crippen LogP contribution >= 0.6 is 11.6 Å². The first-order chi connectivity index (χ1) is 16.5. The minimum absolute atomic E-state index is 0.0217. The third kappa shape index (κ3) is 4.84. The van der Waals surface area contributed by atoms with Crippen LogP contribution in [0.1, 0.15) is 41.3 Å². The quantitative estimate of drug-likeness (QED) is 0.299. The van der Waals surface area contributed by atoms with Gasteiger partial charge in [-0.15, -0.1) is 0 Å². The molecule has 1 fully saturated rings. The fourth-order valence-electron chi connectivity index (χ4n) is 4.71. The van der Waals surface area contributed by atoms with Gasteiger partial charge in [-0.2, -0.15) is 0 Å². The van der Waals surface area contributed by atoms with Gasteiger partial charge in [-0.25, -0.2) is 0 Å². The van der Waals surface area contributed by atoms with Crippen LogP contribution in [-0.4, -0.2) is 28.8 Å². The number of hydrogen-bond acceptors (Lipinski definition) is 4. The Balaban J connectivity index is 1.52. The number of likely N-dealkylation sites (tertiary alicyclic amines) is 1. The standard InChI is InChI=1S/C29H28ClN3O/c1-19-13-23(15-24(30)14-19)22-7-10-28-26(16-22)29(27(17-31-28)20(2)34)32-25-8-5-21(6-9-25)18-33-11-3-4-12-33/h5-10,13-17H,3-4,11-12,18H2,1-2H3,(H,31,32). The lowest BCUT2D eigenvalue weighted by Crippen LogP contribution is -2.18. The van der Waals surface area contributed by atoms with E-state index in [0.29, 0.717) is 10.6 Å². The lowest BCUT2D eigenvalue weighted by Gasteiger charge is -2.17. The smallest absolute Gasteiger partial charge is 0.163 e. The lowest BCUT2D eigenvalue weighted by atomic mass is 9.99. The average Bonchev–Trinajstić information content (AvgIpc) is 3.32. The van der Waals surface area contributed by atoms with E-state index in [-0.39, 0.29) is 5.78 Å². The number of aryl methyl sites for hydroxylation is 1. The number of nitrogens with zero attached hydrogens (tertiary/aromatic N) is 2. The van der Waals surface area contributed by atoms with E-state index in [1.54, 1.807) is 13.1 Å². The predicted octanol–water partition coefficient (Wildman–Crippen LogP) is 7.41.